The molecule has 0 aromatic carbocycles. The summed E-state index contributed by atoms with van der Waals surface area (Å²) < 4.78 is 5.36. The summed E-state index contributed by atoms with van der Waals surface area (Å²) in [4.78, 5) is 11.9. The van der Waals surface area contributed by atoms with Crippen molar-refractivity contribution in [3.8, 4) is 0 Å². The van der Waals surface area contributed by atoms with Crippen LogP contribution in [0.5, 0.6) is 0 Å². The van der Waals surface area contributed by atoms with Crippen molar-refractivity contribution in [3.05, 3.63) is 16.1 Å². The van der Waals surface area contributed by atoms with Crippen molar-refractivity contribution in [1.29, 1.82) is 0 Å². The molecule has 1 aromatic heterocycles. The topological polar surface area (TPSA) is 49.8 Å². The first-order valence-electron chi connectivity index (χ1n) is 9.58. The molecule has 1 atom stereocenters. The molecule has 2 fully saturated rings. The Morgan fingerprint density at radius 2 is 2.04 bits per heavy atom. The Balaban J connectivity index is 0.00000243. The zero-order chi connectivity index (χ0) is 17.8. The Morgan fingerprint density at radius 1 is 1.38 bits per heavy atom. The second kappa shape index (κ2) is 10.2. The van der Waals surface area contributed by atoms with Crippen LogP contribution in [0.4, 0.5) is 0 Å². The third kappa shape index (κ3) is 6.05. The predicted octanol–water partition coefficient (Wildman–Crippen LogP) is 4.30. The van der Waals surface area contributed by atoms with Crippen molar-refractivity contribution in [2.75, 3.05) is 27.2 Å². The SMILES string of the molecule is CCNC(=NCC(C1CC1)C1CC1)N(C)Cc1csc(C(C)OC)n1.I. The van der Waals surface area contributed by atoms with Crippen LogP contribution in [-0.4, -0.2) is 43.1 Å². The normalized spacial score (nSPS) is 18.6. The number of aromatic nitrogens is 1. The van der Waals surface area contributed by atoms with Gasteiger partial charge in [0.15, 0.2) is 5.96 Å². The molecule has 2 aliphatic carbocycles. The Labute approximate surface area is 179 Å². The lowest BCUT2D eigenvalue weighted by molar-refractivity contribution is 0.119. The van der Waals surface area contributed by atoms with E-state index in [9.17, 15) is 0 Å². The summed E-state index contributed by atoms with van der Waals surface area (Å²) in [6.07, 6.45) is 5.74. The Bertz CT molecular complexity index is 574. The van der Waals surface area contributed by atoms with E-state index in [4.69, 9.17) is 14.7 Å². The lowest BCUT2D eigenvalue weighted by Gasteiger charge is -2.22. The maximum Gasteiger partial charge on any atom is 0.194 e. The molecule has 5 nitrogen and oxygen atoms in total. The molecule has 0 bridgehead atoms. The molecule has 26 heavy (non-hydrogen) atoms. The van der Waals surface area contributed by atoms with Gasteiger partial charge in [-0.25, -0.2) is 4.98 Å². The Hall–Kier alpha value is -0.410. The average Bonchev–Trinajstić information content (AvgIpc) is 3.53. The largest absolute Gasteiger partial charge is 0.375 e. The zero-order valence-corrected chi connectivity index (χ0v) is 19.5. The fourth-order valence-corrected chi connectivity index (χ4v) is 4.24. The standard InChI is InChI=1S/C19H32N4OS.HI/c1-5-20-19(21-10-17(14-6-7-14)15-8-9-15)23(3)11-16-12-25-18(22-16)13(2)24-4;/h12-15,17H,5-11H2,1-4H3,(H,20,21);1H. The van der Waals surface area contributed by atoms with Gasteiger partial charge in [0.2, 0.25) is 0 Å². The van der Waals surface area contributed by atoms with E-state index in [-0.39, 0.29) is 30.1 Å². The van der Waals surface area contributed by atoms with Gasteiger partial charge in [-0.05, 0) is 57.3 Å². The van der Waals surface area contributed by atoms with Gasteiger partial charge in [-0.1, -0.05) is 0 Å². The van der Waals surface area contributed by atoms with E-state index in [2.05, 4.69) is 29.6 Å². The van der Waals surface area contributed by atoms with Gasteiger partial charge < -0.3 is 15.0 Å². The highest BCUT2D eigenvalue weighted by atomic mass is 127. The van der Waals surface area contributed by atoms with Crippen LogP contribution in [-0.2, 0) is 11.3 Å². The van der Waals surface area contributed by atoms with Gasteiger partial charge in [-0.15, -0.1) is 35.3 Å². The number of nitrogens with one attached hydrogen (secondary N) is 1. The van der Waals surface area contributed by atoms with E-state index in [0.29, 0.717) is 0 Å². The molecule has 7 heteroatoms. The van der Waals surface area contributed by atoms with Gasteiger partial charge in [0.1, 0.15) is 11.1 Å². The molecular weight excluding hydrogens is 459 g/mol. The molecule has 0 saturated heterocycles. The number of aliphatic imine (C=N–C) groups is 1. The number of hydrogen-bond donors (Lipinski definition) is 1. The summed E-state index contributed by atoms with van der Waals surface area (Å²) in [5, 5.41) is 6.61. The quantitative estimate of drug-likeness (QED) is 0.317. The van der Waals surface area contributed by atoms with Gasteiger partial charge in [-0.3, -0.25) is 4.99 Å². The lowest BCUT2D eigenvalue weighted by Crippen LogP contribution is -2.39. The summed E-state index contributed by atoms with van der Waals surface area (Å²) >= 11 is 1.67. The summed E-state index contributed by atoms with van der Waals surface area (Å²) in [7, 11) is 3.83. The van der Waals surface area contributed by atoms with Crippen LogP contribution in [0.3, 0.4) is 0 Å². The van der Waals surface area contributed by atoms with Gasteiger partial charge in [0, 0.05) is 32.6 Å². The molecule has 1 aromatic rings. The first-order valence-corrected chi connectivity index (χ1v) is 10.5. The smallest absolute Gasteiger partial charge is 0.194 e. The number of rotatable bonds is 9. The molecule has 1 N–H and O–H groups in total. The van der Waals surface area contributed by atoms with Crippen LogP contribution in [0.15, 0.2) is 10.4 Å². The van der Waals surface area contributed by atoms with Gasteiger partial charge >= 0.3 is 0 Å². The van der Waals surface area contributed by atoms with Crippen molar-refractivity contribution in [3.63, 3.8) is 0 Å². The van der Waals surface area contributed by atoms with Crippen LogP contribution in [0.1, 0.15) is 56.3 Å². The van der Waals surface area contributed by atoms with Crippen molar-refractivity contribution >= 4 is 41.3 Å². The van der Waals surface area contributed by atoms with Crippen molar-refractivity contribution in [2.24, 2.45) is 22.7 Å². The van der Waals surface area contributed by atoms with E-state index >= 15 is 0 Å². The van der Waals surface area contributed by atoms with Gasteiger partial charge in [-0.2, -0.15) is 0 Å². The molecule has 1 heterocycles. The van der Waals surface area contributed by atoms with Gasteiger partial charge in [0.25, 0.3) is 0 Å². The molecule has 2 aliphatic rings. The van der Waals surface area contributed by atoms with Crippen LogP contribution < -0.4 is 5.32 Å². The molecule has 0 radical (unpaired) electrons. The monoisotopic (exact) mass is 492 g/mol. The maximum absolute atomic E-state index is 5.36. The summed E-state index contributed by atoms with van der Waals surface area (Å²) in [5.41, 5.74) is 1.08. The van der Waals surface area contributed by atoms with Crippen molar-refractivity contribution < 1.29 is 4.74 Å². The third-order valence-electron chi connectivity index (χ3n) is 5.27. The third-order valence-corrected chi connectivity index (χ3v) is 6.33. The van der Waals surface area contributed by atoms with E-state index in [0.717, 1.165) is 54.0 Å². The summed E-state index contributed by atoms with van der Waals surface area (Å²) in [6, 6.07) is 0. The number of methoxy groups -OCH3 is 1. The Morgan fingerprint density at radius 3 is 2.58 bits per heavy atom. The fourth-order valence-electron chi connectivity index (χ4n) is 3.39. The number of nitrogens with zero attached hydrogens (tertiary/aromatic N) is 3. The minimum absolute atomic E-state index is 0. The van der Waals surface area contributed by atoms with Crippen LogP contribution in [0.2, 0.25) is 0 Å². The van der Waals surface area contributed by atoms with E-state index in [1.165, 1.54) is 25.7 Å². The maximum atomic E-state index is 5.36. The first-order chi connectivity index (χ1) is 12.1. The van der Waals surface area contributed by atoms with E-state index in [1.807, 2.05) is 6.92 Å². The number of halogens is 1. The fraction of sp³-hybridized carbons (Fsp3) is 0.789. The van der Waals surface area contributed by atoms with E-state index in [1.54, 1.807) is 18.4 Å². The molecular formula is C19H33IN4OS. The number of thiazole rings is 1. The zero-order valence-electron chi connectivity index (χ0n) is 16.4. The predicted molar refractivity (Wildman–Crippen MR) is 119 cm³/mol. The van der Waals surface area contributed by atoms with Crippen molar-refractivity contribution in [2.45, 2.75) is 52.2 Å². The molecule has 0 amide bonds. The van der Waals surface area contributed by atoms with Gasteiger partial charge in [0.05, 0.1) is 12.2 Å². The van der Waals surface area contributed by atoms with Crippen LogP contribution in [0.25, 0.3) is 0 Å². The molecule has 0 spiro atoms. The van der Waals surface area contributed by atoms with Crippen LogP contribution in [0, 0.1) is 17.8 Å². The van der Waals surface area contributed by atoms with Crippen LogP contribution >= 0.6 is 35.3 Å². The molecule has 148 valence electrons. The molecule has 2 saturated carbocycles. The molecule has 0 aliphatic heterocycles. The Kier molecular flexibility index (Phi) is 8.60. The second-order valence-corrected chi connectivity index (χ2v) is 8.33. The minimum Gasteiger partial charge on any atom is -0.375 e. The number of guanidine groups is 1. The summed E-state index contributed by atoms with van der Waals surface area (Å²) in [6.45, 7) is 6.81. The average molecular weight is 492 g/mol. The first kappa shape index (κ1) is 21.9. The number of hydrogen-bond acceptors (Lipinski definition) is 4. The summed E-state index contributed by atoms with van der Waals surface area (Å²) in [5.74, 6) is 3.71. The number of ether oxygens (including phenoxy) is 1. The minimum atomic E-state index is 0. The second-order valence-electron chi connectivity index (χ2n) is 7.44. The molecule has 3 rings (SSSR count). The highest BCUT2D eigenvalue weighted by Crippen LogP contribution is 2.49. The molecule has 1 unspecified atom stereocenters. The highest BCUT2D eigenvalue weighted by Gasteiger charge is 2.41. The lowest BCUT2D eigenvalue weighted by atomic mass is 9.98. The highest BCUT2D eigenvalue weighted by molar-refractivity contribution is 14.0. The van der Waals surface area contributed by atoms with E-state index < -0.39 is 0 Å². The van der Waals surface area contributed by atoms with Crippen molar-refractivity contribution in [1.82, 2.24) is 15.2 Å².